The lowest BCUT2D eigenvalue weighted by molar-refractivity contribution is 0.122. The minimum atomic E-state index is 0.401. The Balaban J connectivity index is 1.38. The predicted octanol–water partition coefficient (Wildman–Crippen LogP) is 3.18. The Labute approximate surface area is 203 Å². The highest BCUT2D eigenvalue weighted by atomic mass is 35.5. The Morgan fingerprint density at radius 1 is 1.12 bits per heavy atom. The van der Waals surface area contributed by atoms with E-state index in [1.807, 2.05) is 17.8 Å². The first kappa shape index (κ1) is 21.1. The molecule has 1 aromatic carbocycles. The largest absolute Gasteiger partial charge is 0.378 e. The number of nitrogens with zero attached hydrogens (tertiary/aromatic N) is 8. The number of nitrogens with one attached hydrogen (secondary N) is 2. The lowest BCUT2D eigenvalue weighted by atomic mass is 10.3. The van der Waals surface area contributed by atoms with Gasteiger partial charge in [0.1, 0.15) is 12.2 Å². The number of fused-ring (bicyclic) bond motifs is 2. The van der Waals surface area contributed by atoms with Crippen LogP contribution in [0.25, 0.3) is 27.9 Å². The molecule has 13 heteroatoms. The van der Waals surface area contributed by atoms with E-state index in [2.05, 4.69) is 30.3 Å². The smallest absolute Gasteiger partial charge is 0.229 e. The minimum Gasteiger partial charge on any atom is -0.378 e. The van der Waals surface area contributed by atoms with Crippen LogP contribution in [-0.4, -0.2) is 65.6 Å². The lowest BCUT2D eigenvalue weighted by Gasteiger charge is -2.27. The van der Waals surface area contributed by atoms with Crippen LogP contribution in [-0.2, 0) is 18.3 Å². The molecule has 0 radical (unpaired) electrons. The fourth-order valence-electron chi connectivity index (χ4n) is 3.95. The number of H-pyrrole nitrogens is 1. The fourth-order valence-corrected chi connectivity index (χ4v) is 4.27. The number of morpholine rings is 1. The zero-order valence-electron chi connectivity index (χ0n) is 18.2. The molecule has 1 aliphatic heterocycles. The Morgan fingerprint density at radius 2 is 1.94 bits per heavy atom. The summed E-state index contributed by atoms with van der Waals surface area (Å²) in [5, 5.41) is 8.60. The highest BCUT2D eigenvalue weighted by molar-refractivity contribution is 6.42. The zero-order valence-corrected chi connectivity index (χ0v) is 19.7. The van der Waals surface area contributed by atoms with Crippen LogP contribution >= 0.6 is 23.2 Å². The van der Waals surface area contributed by atoms with E-state index in [1.165, 1.54) is 0 Å². The standard InChI is InChI=1S/C21H20Cl2N10O/c1-31-10-12(8-26-31)33-11-25-18-19(29-21(30-20(18)33)32-2-4-34-5-3-32)24-9-17-27-15-6-13(22)14(23)7-16(15)28-17/h6-8,10-11H,2-5,9H2,1H3,(H,27,28)(H,24,29,30). The topological polar surface area (TPSA) is 115 Å². The Kier molecular flexibility index (Phi) is 5.24. The maximum absolute atomic E-state index is 6.14. The fraction of sp³-hybridized carbons (Fsp3) is 0.286. The molecular formula is C21H20Cl2N10O. The Morgan fingerprint density at radius 3 is 2.74 bits per heavy atom. The molecule has 1 aliphatic rings. The van der Waals surface area contributed by atoms with Crippen LogP contribution in [0.3, 0.4) is 0 Å². The summed E-state index contributed by atoms with van der Waals surface area (Å²) in [4.78, 5) is 24.2. The maximum Gasteiger partial charge on any atom is 0.229 e. The molecule has 174 valence electrons. The molecule has 2 N–H and O–H groups in total. The van der Waals surface area contributed by atoms with Crippen LogP contribution in [0.1, 0.15) is 5.82 Å². The van der Waals surface area contributed by atoms with Gasteiger partial charge >= 0.3 is 0 Å². The Hall–Kier alpha value is -3.41. The third-order valence-corrected chi connectivity index (χ3v) is 6.37. The van der Waals surface area contributed by atoms with E-state index in [9.17, 15) is 0 Å². The third-order valence-electron chi connectivity index (χ3n) is 5.64. The summed E-state index contributed by atoms with van der Waals surface area (Å²) < 4.78 is 9.15. The zero-order chi connectivity index (χ0) is 23.2. The van der Waals surface area contributed by atoms with Gasteiger partial charge in [-0.05, 0) is 12.1 Å². The molecule has 6 rings (SSSR count). The van der Waals surface area contributed by atoms with Gasteiger partial charge < -0.3 is 19.9 Å². The normalized spacial score (nSPS) is 14.4. The molecule has 0 bridgehead atoms. The second-order valence-electron chi connectivity index (χ2n) is 7.95. The van der Waals surface area contributed by atoms with E-state index in [0.29, 0.717) is 52.7 Å². The molecule has 5 aromatic rings. The monoisotopic (exact) mass is 498 g/mol. The van der Waals surface area contributed by atoms with Crippen LogP contribution in [0.15, 0.2) is 30.9 Å². The summed E-state index contributed by atoms with van der Waals surface area (Å²) in [5.74, 6) is 1.96. The first-order chi connectivity index (χ1) is 16.5. The number of aromatic nitrogens is 8. The number of aryl methyl sites for hydroxylation is 1. The van der Waals surface area contributed by atoms with Crippen molar-refractivity contribution in [1.29, 1.82) is 0 Å². The van der Waals surface area contributed by atoms with E-state index >= 15 is 0 Å². The predicted molar refractivity (Wildman–Crippen MR) is 130 cm³/mol. The molecule has 0 amide bonds. The summed E-state index contributed by atoms with van der Waals surface area (Å²) in [7, 11) is 1.87. The molecule has 0 atom stereocenters. The van der Waals surface area contributed by atoms with Gasteiger partial charge in [0, 0.05) is 26.3 Å². The van der Waals surface area contributed by atoms with Crippen molar-refractivity contribution in [3.63, 3.8) is 0 Å². The molecule has 1 saturated heterocycles. The van der Waals surface area contributed by atoms with E-state index < -0.39 is 0 Å². The van der Waals surface area contributed by atoms with Gasteiger partial charge in [-0.3, -0.25) is 9.25 Å². The van der Waals surface area contributed by atoms with Crippen LogP contribution in [0.4, 0.5) is 11.8 Å². The van der Waals surface area contributed by atoms with Crippen molar-refractivity contribution in [3.05, 3.63) is 46.7 Å². The van der Waals surface area contributed by atoms with E-state index in [0.717, 1.165) is 35.6 Å². The van der Waals surface area contributed by atoms with Crippen LogP contribution < -0.4 is 10.2 Å². The van der Waals surface area contributed by atoms with E-state index in [4.69, 9.17) is 37.9 Å². The number of hydrogen-bond acceptors (Lipinski definition) is 8. The SMILES string of the molecule is Cn1cc(-n2cnc3c(NCc4nc5cc(Cl)c(Cl)cc5[nH]4)nc(N4CCOCC4)nc32)cn1. The number of rotatable bonds is 5. The van der Waals surface area contributed by atoms with Crippen molar-refractivity contribution in [1.82, 2.24) is 39.3 Å². The number of imidazole rings is 2. The summed E-state index contributed by atoms with van der Waals surface area (Å²) in [6.07, 6.45) is 5.42. The minimum absolute atomic E-state index is 0.401. The molecule has 0 saturated carbocycles. The second kappa shape index (κ2) is 8.42. The van der Waals surface area contributed by atoms with Crippen molar-refractivity contribution in [2.45, 2.75) is 6.54 Å². The van der Waals surface area contributed by atoms with Gasteiger partial charge in [-0.15, -0.1) is 0 Å². The quantitative estimate of drug-likeness (QED) is 0.379. The number of aromatic amines is 1. The summed E-state index contributed by atoms with van der Waals surface area (Å²) in [5.41, 5.74) is 3.77. The molecule has 4 aromatic heterocycles. The first-order valence-corrected chi connectivity index (χ1v) is 11.4. The number of halogens is 2. The second-order valence-corrected chi connectivity index (χ2v) is 8.77. The molecule has 0 unspecified atom stereocenters. The van der Waals surface area contributed by atoms with E-state index in [-0.39, 0.29) is 0 Å². The van der Waals surface area contributed by atoms with Crippen molar-refractivity contribution in [3.8, 4) is 5.69 Å². The van der Waals surface area contributed by atoms with Gasteiger partial charge in [0.05, 0.1) is 52.7 Å². The molecule has 1 fully saturated rings. The number of hydrogen-bond donors (Lipinski definition) is 2. The highest BCUT2D eigenvalue weighted by Gasteiger charge is 2.20. The third kappa shape index (κ3) is 3.81. The van der Waals surface area contributed by atoms with Gasteiger partial charge in [0.15, 0.2) is 17.0 Å². The van der Waals surface area contributed by atoms with Crippen molar-refractivity contribution in [2.24, 2.45) is 7.05 Å². The Bertz CT molecular complexity index is 1460. The van der Waals surface area contributed by atoms with Crippen molar-refractivity contribution in [2.75, 3.05) is 36.5 Å². The molecule has 34 heavy (non-hydrogen) atoms. The van der Waals surface area contributed by atoms with Crippen LogP contribution in [0, 0.1) is 0 Å². The average Bonchev–Trinajstić information content (AvgIpc) is 3.56. The summed E-state index contributed by atoms with van der Waals surface area (Å²) >= 11 is 12.3. The van der Waals surface area contributed by atoms with Crippen LogP contribution in [0.2, 0.25) is 10.0 Å². The highest BCUT2D eigenvalue weighted by Crippen LogP contribution is 2.28. The number of benzene rings is 1. The molecule has 0 aliphatic carbocycles. The molecule has 11 nitrogen and oxygen atoms in total. The summed E-state index contributed by atoms with van der Waals surface area (Å²) in [6, 6.07) is 3.51. The van der Waals surface area contributed by atoms with Crippen molar-refractivity contribution >= 4 is 57.2 Å². The van der Waals surface area contributed by atoms with E-state index in [1.54, 1.807) is 29.3 Å². The molecular weight excluding hydrogens is 479 g/mol. The average molecular weight is 499 g/mol. The van der Waals surface area contributed by atoms with Crippen molar-refractivity contribution < 1.29 is 4.74 Å². The lowest BCUT2D eigenvalue weighted by Crippen LogP contribution is -2.37. The number of anilines is 2. The van der Waals surface area contributed by atoms with Gasteiger partial charge in [0.25, 0.3) is 0 Å². The first-order valence-electron chi connectivity index (χ1n) is 10.7. The maximum atomic E-state index is 6.14. The van der Waals surface area contributed by atoms with Gasteiger partial charge in [-0.25, -0.2) is 9.97 Å². The summed E-state index contributed by atoms with van der Waals surface area (Å²) in [6.45, 7) is 3.11. The van der Waals surface area contributed by atoms with Crippen LogP contribution in [0.5, 0.6) is 0 Å². The number of ether oxygens (including phenoxy) is 1. The molecule has 5 heterocycles. The molecule has 0 spiro atoms. The van der Waals surface area contributed by atoms with Gasteiger partial charge in [-0.2, -0.15) is 15.1 Å². The van der Waals surface area contributed by atoms with Gasteiger partial charge in [-0.1, -0.05) is 23.2 Å². The van der Waals surface area contributed by atoms with Gasteiger partial charge in [0.2, 0.25) is 5.95 Å².